The summed E-state index contributed by atoms with van der Waals surface area (Å²) in [6.07, 6.45) is 4.64. The van der Waals surface area contributed by atoms with E-state index in [0.29, 0.717) is 12.0 Å². The van der Waals surface area contributed by atoms with Crippen LogP contribution in [-0.4, -0.2) is 41.2 Å². The third-order valence-corrected chi connectivity index (χ3v) is 2.42. The van der Waals surface area contributed by atoms with Crippen molar-refractivity contribution in [2.45, 2.75) is 12.5 Å². The first-order valence-corrected chi connectivity index (χ1v) is 4.84. The Kier molecular flexibility index (Phi) is 2.90. The van der Waals surface area contributed by atoms with Gasteiger partial charge in [0, 0.05) is 31.5 Å². The Morgan fingerprint density at radius 1 is 1.43 bits per heavy atom. The molecule has 1 unspecified atom stereocenters. The Bertz CT molecular complexity index is 276. The molecular weight excluding hydrogens is 178 g/mol. The average Bonchev–Trinajstić information content (AvgIpc) is 2.67. The molecule has 0 radical (unpaired) electrons. The molecule has 1 aliphatic rings. The number of aromatic nitrogens is 2. The smallest absolute Gasteiger partial charge is 0.237 e. The summed E-state index contributed by atoms with van der Waals surface area (Å²) in [6, 6.07) is 2.39. The molecule has 5 heteroatoms. The number of hydrogen-bond acceptors (Lipinski definition) is 5. The fourth-order valence-corrected chi connectivity index (χ4v) is 1.60. The van der Waals surface area contributed by atoms with Crippen LogP contribution in [0.5, 0.6) is 0 Å². The molecule has 14 heavy (non-hydrogen) atoms. The second-order valence-corrected chi connectivity index (χ2v) is 3.40. The first kappa shape index (κ1) is 9.36. The largest absolute Gasteiger partial charge is 0.316 e. The van der Waals surface area contributed by atoms with Gasteiger partial charge in [-0.1, -0.05) is 0 Å². The van der Waals surface area contributed by atoms with Crippen LogP contribution in [0.4, 0.5) is 5.95 Å². The number of rotatable bonds is 3. The third-order valence-electron chi connectivity index (χ3n) is 2.42. The minimum Gasteiger partial charge on any atom is -0.316 e. The first-order chi connectivity index (χ1) is 6.88. The predicted molar refractivity (Wildman–Crippen MR) is 54.7 cm³/mol. The zero-order valence-corrected chi connectivity index (χ0v) is 8.27. The molecule has 0 aliphatic carbocycles. The van der Waals surface area contributed by atoms with E-state index in [4.69, 9.17) is 0 Å². The summed E-state index contributed by atoms with van der Waals surface area (Å²) >= 11 is 0. The van der Waals surface area contributed by atoms with Crippen molar-refractivity contribution in [3.63, 3.8) is 0 Å². The molecule has 0 amide bonds. The minimum absolute atomic E-state index is 0.575. The van der Waals surface area contributed by atoms with Gasteiger partial charge in [0.15, 0.2) is 0 Å². The van der Waals surface area contributed by atoms with Crippen molar-refractivity contribution in [2.75, 3.05) is 25.6 Å². The van der Waals surface area contributed by atoms with Gasteiger partial charge in [0.1, 0.15) is 0 Å². The quantitative estimate of drug-likeness (QED) is 0.713. The molecule has 1 aromatic rings. The van der Waals surface area contributed by atoms with Crippen LogP contribution < -0.4 is 10.7 Å². The average molecular weight is 193 g/mol. The highest BCUT2D eigenvalue weighted by molar-refractivity contribution is 5.20. The first-order valence-electron chi connectivity index (χ1n) is 4.84. The summed E-state index contributed by atoms with van der Waals surface area (Å²) in [4.78, 5) is 8.22. The van der Waals surface area contributed by atoms with E-state index >= 15 is 0 Å². The van der Waals surface area contributed by atoms with Crippen molar-refractivity contribution in [1.82, 2.24) is 20.3 Å². The van der Waals surface area contributed by atoms with E-state index < -0.39 is 0 Å². The Balaban J connectivity index is 1.88. The van der Waals surface area contributed by atoms with Gasteiger partial charge in [-0.3, -0.25) is 5.43 Å². The second kappa shape index (κ2) is 4.34. The molecule has 1 fully saturated rings. The Hall–Kier alpha value is -1.20. The second-order valence-electron chi connectivity index (χ2n) is 3.40. The van der Waals surface area contributed by atoms with Crippen molar-refractivity contribution >= 4 is 5.95 Å². The highest BCUT2D eigenvalue weighted by Gasteiger charge is 2.20. The van der Waals surface area contributed by atoms with Crippen molar-refractivity contribution < 1.29 is 0 Å². The van der Waals surface area contributed by atoms with Gasteiger partial charge < -0.3 is 5.32 Å². The molecule has 1 aromatic heterocycles. The van der Waals surface area contributed by atoms with Crippen LogP contribution in [-0.2, 0) is 0 Å². The SMILES string of the molecule is CNC1CCN(Nc2ncccn2)C1. The highest BCUT2D eigenvalue weighted by Crippen LogP contribution is 2.08. The maximum Gasteiger partial charge on any atom is 0.237 e. The van der Waals surface area contributed by atoms with Gasteiger partial charge in [0.2, 0.25) is 5.95 Å². The normalized spacial score (nSPS) is 22.5. The molecule has 0 aromatic carbocycles. The van der Waals surface area contributed by atoms with E-state index in [1.807, 2.05) is 13.1 Å². The van der Waals surface area contributed by atoms with E-state index in [-0.39, 0.29) is 0 Å². The van der Waals surface area contributed by atoms with Crippen LogP contribution >= 0.6 is 0 Å². The number of anilines is 1. The fraction of sp³-hybridized carbons (Fsp3) is 0.556. The Morgan fingerprint density at radius 3 is 2.86 bits per heavy atom. The lowest BCUT2D eigenvalue weighted by Gasteiger charge is -2.16. The number of hydrazine groups is 1. The van der Waals surface area contributed by atoms with Gasteiger partial charge in [-0.05, 0) is 19.5 Å². The predicted octanol–water partition coefficient (Wildman–Crippen LogP) is 0.0972. The van der Waals surface area contributed by atoms with Crippen LogP contribution in [0.25, 0.3) is 0 Å². The van der Waals surface area contributed by atoms with Crippen LogP contribution in [0.1, 0.15) is 6.42 Å². The van der Waals surface area contributed by atoms with Crippen molar-refractivity contribution in [3.05, 3.63) is 18.5 Å². The summed E-state index contributed by atoms with van der Waals surface area (Å²) in [5.74, 6) is 0.671. The van der Waals surface area contributed by atoms with E-state index in [0.717, 1.165) is 19.5 Å². The molecule has 2 heterocycles. The molecule has 2 rings (SSSR count). The third kappa shape index (κ3) is 2.18. The zero-order valence-electron chi connectivity index (χ0n) is 8.27. The topological polar surface area (TPSA) is 53.1 Å². The van der Waals surface area contributed by atoms with Crippen LogP contribution in [0.15, 0.2) is 18.5 Å². The van der Waals surface area contributed by atoms with E-state index in [1.54, 1.807) is 12.4 Å². The lowest BCUT2D eigenvalue weighted by Crippen LogP contribution is -2.33. The summed E-state index contributed by atoms with van der Waals surface area (Å²) in [6.45, 7) is 2.03. The number of hydrogen-bond donors (Lipinski definition) is 2. The number of likely N-dealkylation sites (N-methyl/N-ethyl adjacent to an activating group) is 1. The summed E-state index contributed by atoms with van der Waals surface area (Å²) in [7, 11) is 1.99. The molecule has 0 spiro atoms. The molecule has 1 atom stereocenters. The Labute approximate surface area is 83.5 Å². The van der Waals surface area contributed by atoms with Gasteiger partial charge in [-0.15, -0.1) is 0 Å². The summed E-state index contributed by atoms with van der Waals surface area (Å²) in [5, 5.41) is 5.39. The van der Waals surface area contributed by atoms with E-state index in [2.05, 4.69) is 25.7 Å². The van der Waals surface area contributed by atoms with Gasteiger partial charge in [-0.2, -0.15) is 0 Å². The van der Waals surface area contributed by atoms with Crippen LogP contribution in [0.2, 0.25) is 0 Å². The van der Waals surface area contributed by atoms with E-state index in [9.17, 15) is 0 Å². The molecule has 0 saturated carbocycles. The lowest BCUT2D eigenvalue weighted by atomic mass is 10.3. The molecule has 2 N–H and O–H groups in total. The summed E-state index contributed by atoms with van der Waals surface area (Å²) < 4.78 is 0. The van der Waals surface area contributed by atoms with Crippen LogP contribution in [0, 0.1) is 0 Å². The monoisotopic (exact) mass is 193 g/mol. The number of nitrogens with one attached hydrogen (secondary N) is 2. The number of nitrogens with zero attached hydrogens (tertiary/aromatic N) is 3. The van der Waals surface area contributed by atoms with Gasteiger partial charge >= 0.3 is 0 Å². The van der Waals surface area contributed by atoms with Gasteiger partial charge in [-0.25, -0.2) is 15.0 Å². The van der Waals surface area contributed by atoms with Gasteiger partial charge in [0.25, 0.3) is 0 Å². The maximum atomic E-state index is 4.11. The van der Waals surface area contributed by atoms with Crippen molar-refractivity contribution in [3.8, 4) is 0 Å². The molecular formula is C9H15N5. The molecule has 76 valence electrons. The maximum absolute atomic E-state index is 4.11. The Morgan fingerprint density at radius 2 is 2.21 bits per heavy atom. The minimum atomic E-state index is 0.575. The van der Waals surface area contributed by atoms with Crippen LogP contribution in [0.3, 0.4) is 0 Å². The van der Waals surface area contributed by atoms with Crippen molar-refractivity contribution in [2.24, 2.45) is 0 Å². The molecule has 1 aliphatic heterocycles. The summed E-state index contributed by atoms with van der Waals surface area (Å²) in [5.41, 5.74) is 3.18. The molecule has 1 saturated heterocycles. The van der Waals surface area contributed by atoms with Crippen molar-refractivity contribution in [1.29, 1.82) is 0 Å². The van der Waals surface area contributed by atoms with Gasteiger partial charge in [0.05, 0.1) is 0 Å². The van der Waals surface area contributed by atoms with E-state index in [1.165, 1.54) is 0 Å². The standard InChI is InChI=1S/C9H15N5/c1-10-8-3-6-14(7-8)13-9-11-4-2-5-12-9/h2,4-5,8,10H,3,6-7H2,1H3,(H,11,12,13). The fourth-order valence-electron chi connectivity index (χ4n) is 1.60. The molecule has 0 bridgehead atoms. The molecule has 5 nitrogen and oxygen atoms in total. The highest BCUT2D eigenvalue weighted by atomic mass is 15.5. The lowest BCUT2D eigenvalue weighted by molar-refractivity contribution is 0.392. The zero-order chi connectivity index (χ0) is 9.80.